The summed E-state index contributed by atoms with van der Waals surface area (Å²) in [4.78, 5) is 12.8. The number of hydrogen-bond donors (Lipinski definition) is 0. The third-order valence-electron chi connectivity index (χ3n) is 8.73. The molecular weight excluding hydrogens is 1030 g/mol. The van der Waals surface area contributed by atoms with Gasteiger partial charge in [0.15, 0.2) is 5.78 Å². The van der Waals surface area contributed by atoms with Crippen molar-refractivity contribution in [3.8, 4) is 0 Å². The van der Waals surface area contributed by atoms with Crippen LogP contribution in [0.5, 0.6) is 0 Å². The molecule has 0 aromatic carbocycles. The molecule has 1 aliphatic heterocycles. The van der Waals surface area contributed by atoms with Crippen LogP contribution in [-0.2, 0) is 58.1 Å². The summed E-state index contributed by atoms with van der Waals surface area (Å²) in [5.74, 6) is -2.41. The number of unbranched alkanes of at least 4 members (excludes halogenated alkanes) is 1. The van der Waals surface area contributed by atoms with E-state index in [9.17, 15) is 22.0 Å². The van der Waals surface area contributed by atoms with Gasteiger partial charge >= 0.3 is 0 Å². The third-order valence-corrected chi connectivity index (χ3v) is 10.1. The summed E-state index contributed by atoms with van der Waals surface area (Å²) >= 11 is 0. The molecule has 0 amide bonds. The Kier molecular flexibility index (Phi) is 48.2. The highest BCUT2D eigenvalue weighted by molar-refractivity contribution is 7.90. The van der Waals surface area contributed by atoms with E-state index in [0.29, 0.717) is 31.5 Å². The minimum absolute atomic E-state index is 0.0413. The molecule has 0 saturated carbocycles. The number of carbonyl (C=O) groups excluding carboxylic acids is 1. The van der Waals surface area contributed by atoms with Crippen molar-refractivity contribution in [2.75, 3.05) is 91.2 Å². The first-order valence-electron chi connectivity index (χ1n) is 28.8. The minimum Gasteiger partial charge on any atom is -0.379 e. The number of rotatable bonds is 17. The molecule has 1 saturated heterocycles. The van der Waals surface area contributed by atoms with E-state index in [4.69, 9.17) is 37.9 Å². The highest BCUT2D eigenvalue weighted by Crippen LogP contribution is 2.17. The van der Waals surface area contributed by atoms with Crippen LogP contribution in [-0.4, -0.2) is 166 Å². The Bertz CT molecular complexity index is 1660. The van der Waals surface area contributed by atoms with Crippen LogP contribution in [0.25, 0.3) is 0 Å². The van der Waals surface area contributed by atoms with Crippen LogP contribution < -0.4 is 0 Å². The lowest BCUT2D eigenvalue weighted by molar-refractivity contribution is -0.126. The van der Waals surface area contributed by atoms with E-state index in [1.165, 1.54) is 26.0 Å². The lowest BCUT2D eigenvalue weighted by Crippen LogP contribution is -2.47. The van der Waals surface area contributed by atoms with Crippen molar-refractivity contribution in [3.05, 3.63) is 18.0 Å². The number of ketones is 1. The van der Waals surface area contributed by atoms with Crippen LogP contribution in [0.3, 0.4) is 0 Å². The molecule has 1 aromatic heterocycles. The average molecular weight is 1160 g/mol. The summed E-state index contributed by atoms with van der Waals surface area (Å²) in [6.07, 6.45) is 7.08. The number of sulfone groups is 1. The molecule has 0 spiro atoms. The molecule has 0 atom stereocenters. The zero-order chi connectivity index (χ0) is 64.0. The Morgan fingerprint density at radius 3 is 1.25 bits per heavy atom. The van der Waals surface area contributed by atoms with E-state index in [1.807, 2.05) is 121 Å². The minimum atomic E-state index is -2.78. The number of Topliss-reactive ketones (excluding diaryl/α,β-unsaturated/α-hetero) is 1. The smallest absolute Gasteiger partial charge is 0.268 e. The van der Waals surface area contributed by atoms with Crippen LogP contribution in [0, 0.1) is 12.3 Å². The molecular formula is C62H131F2N3O11S. The second kappa shape index (κ2) is 43.0. The summed E-state index contributed by atoms with van der Waals surface area (Å²) < 4.78 is 89.7. The molecule has 17 heteroatoms. The molecule has 14 nitrogen and oxygen atoms in total. The first kappa shape index (κ1) is 88.6. The first-order chi connectivity index (χ1) is 35.0. The monoisotopic (exact) mass is 1160 g/mol. The lowest BCUT2D eigenvalue weighted by atomic mass is 10.0. The van der Waals surface area contributed by atoms with E-state index < -0.39 is 22.4 Å². The van der Waals surface area contributed by atoms with Gasteiger partial charge in [0.2, 0.25) is 0 Å². The summed E-state index contributed by atoms with van der Waals surface area (Å²) in [5.41, 5.74) is 1.05. The largest absolute Gasteiger partial charge is 0.379 e. The maximum Gasteiger partial charge on any atom is 0.268 e. The SMILES string of the molecule is CC(=O)COC(C)(C)C.CC(C)(C)CS(C)(=O)=O.CC(C)(C)N1CCOCC1.CC(C)OCCOC(C)(C)C.CC(F)(F)COCCOC(C)(C)C.CCCCOC(C)(C)C.CCCOC(C)(C)C.Cc1ccn(C(C)(C)C)n1. The van der Waals surface area contributed by atoms with Crippen molar-refractivity contribution < 1.29 is 59.9 Å². The van der Waals surface area contributed by atoms with Gasteiger partial charge in [0.1, 0.15) is 23.1 Å². The predicted molar refractivity (Wildman–Crippen MR) is 330 cm³/mol. The topological polar surface area (TPSA) is 146 Å². The van der Waals surface area contributed by atoms with Crippen LogP contribution in [0.2, 0.25) is 0 Å². The maximum atomic E-state index is 12.2. The van der Waals surface area contributed by atoms with Gasteiger partial charge in [-0.15, -0.1) is 0 Å². The van der Waals surface area contributed by atoms with Crippen LogP contribution in [0.1, 0.15) is 233 Å². The van der Waals surface area contributed by atoms with Crippen molar-refractivity contribution in [3.63, 3.8) is 0 Å². The predicted octanol–water partition coefficient (Wildman–Crippen LogP) is 15.0. The van der Waals surface area contributed by atoms with Crippen LogP contribution >= 0.6 is 0 Å². The number of halogens is 2. The van der Waals surface area contributed by atoms with Gasteiger partial charge in [0, 0.05) is 51.2 Å². The molecule has 480 valence electrons. The number of alkyl halides is 2. The zero-order valence-corrected chi connectivity index (χ0v) is 58.4. The van der Waals surface area contributed by atoms with E-state index in [2.05, 4.69) is 107 Å². The molecule has 2 rings (SSSR count). The van der Waals surface area contributed by atoms with E-state index >= 15 is 0 Å². The zero-order valence-electron chi connectivity index (χ0n) is 57.5. The van der Waals surface area contributed by atoms with Gasteiger partial charge in [0.25, 0.3) is 5.92 Å². The number of aromatic nitrogens is 2. The molecule has 1 aliphatic rings. The van der Waals surface area contributed by atoms with Gasteiger partial charge in [-0.1, -0.05) is 41.0 Å². The van der Waals surface area contributed by atoms with Gasteiger partial charge in [-0.2, -0.15) is 5.10 Å². The van der Waals surface area contributed by atoms with Crippen molar-refractivity contribution in [1.29, 1.82) is 0 Å². The van der Waals surface area contributed by atoms with Crippen molar-refractivity contribution >= 4 is 15.6 Å². The summed E-state index contributed by atoms with van der Waals surface area (Å²) in [6, 6.07) is 2.02. The van der Waals surface area contributed by atoms with Gasteiger partial charge in [-0.05, 0) is 197 Å². The van der Waals surface area contributed by atoms with Crippen molar-refractivity contribution in [1.82, 2.24) is 14.7 Å². The molecule has 1 aromatic rings. The standard InChI is InChI=1S/C9H18F2O2.C9H20O2.C8H14N2.C8H17NO.C8H18O.C7H14O2.C7H16O.C6H14O2S/c1-8(2,3)13-6-5-12-7-9(4,10)11;1-8(2)10-6-7-11-9(3,4)5;1-7-5-6-10(9-7)8(2,3)4;1-8(2,3)9-4-6-10-7-5-9;1-5-6-7-9-8(2,3)4;1-6(8)5-9-7(2,3)4;1-5-6-8-7(2,3)4;1-6(2,3)5-9(4,7)8/h5-7H2,1-4H3;8H,6-7H2,1-5H3;5-6H,1-4H3;4-7H2,1-3H3;5-7H2,1-4H3;5H2,1-4H3;5-6H2,1-4H3;5H2,1-4H3. The molecule has 2 heterocycles. The van der Waals surface area contributed by atoms with Crippen LogP contribution in [0.4, 0.5) is 8.78 Å². The Morgan fingerprint density at radius 1 is 0.620 bits per heavy atom. The Labute approximate surface area is 487 Å². The molecule has 79 heavy (non-hydrogen) atoms. The molecule has 0 aliphatic carbocycles. The van der Waals surface area contributed by atoms with Crippen LogP contribution in [0.15, 0.2) is 12.3 Å². The highest BCUT2D eigenvalue weighted by Gasteiger charge is 2.23. The average Bonchev–Trinajstić information content (AvgIpc) is 3.66. The Hall–Kier alpha value is -1.67. The molecule has 1 fully saturated rings. The number of nitrogens with zero attached hydrogens (tertiary/aromatic N) is 3. The number of ether oxygens (including phenoxy) is 8. The van der Waals surface area contributed by atoms with E-state index in [1.54, 1.807) is 0 Å². The summed E-state index contributed by atoms with van der Waals surface area (Å²) in [7, 11) is -2.78. The van der Waals surface area contributed by atoms with Gasteiger partial charge in [-0.3, -0.25) is 14.4 Å². The fraction of sp³-hybridized carbons (Fsp3) is 0.935. The second-order valence-electron chi connectivity index (χ2n) is 28.3. The Balaban J connectivity index is -0.000000193. The highest BCUT2D eigenvalue weighted by atomic mass is 32.2. The third kappa shape index (κ3) is 90.3. The lowest BCUT2D eigenvalue weighted by Gasteiger charge is -2.38. The van der Waals surface area contributed by atoms with E-state index in [0.717, 1.165) is 58.6 Å². The molecule has 0 radical (unpaired) electrons. The number of hydrogen-bond acceptors (Lipinski definition) is 13. The maximum absolute atomic E-state index is 12.2. The number of morpholine rings is 1. The fourth-order valence-corrected chi connectivity index (χ4v) is 6.92. The normalized spacial score (nSPS) is 13.9. The van der Waals surface area contributed by atoms with Crippen molar-refractivity contribution in [2.24, 2.45) is 5.41 Å². The molecule has 0 unspecified atom stereocenters. The fourth-order valence-electron chi connectivity index (χ4n) is 5.35. The number of aryl methyl sites for hydroxylation is 1. The van der Waals surface area contributed by atoms with Gasteiger partial charge in [-0.25, -0.2) is 17.2 Å². The summed E-state index contributed by atoms with van der Waals surface area (Å²) in [5, 5.41) is 4.30. The molecule has 0 N–H and O–H groups in total. The Morgan fingerprint density at radius 2 is 1.03 bits per heavy atom. The quantitative estimate of drug-likeness (QED) is 0.137. The van der Waals surface area contributed by atoms with E-state index in [-0.39, 0.29) is 63.7 Å². The van der Waals surface area contributed by atoms with Gasteiger partial charge in [0.05, 0.1) is 90.7 Å². The van der Waals surface area contributed by atoms with Gasteiger partial charge < -0.3 is 37.9 Å². The summed E-state index contributed by atoms with van der Waals surface area (Å²) in [6.45, 7) is 69.0. The number of carbonyl (C=O) groups is 1. The van der Waals surface area contributed by atoms with Crippen molar-refractivity contribution in [2.45, 2.75) is 285 Å². The second-order valence-corrected chi connectivity index (χ2v) is 30.5. The molecule has 0 bridgehead atoms. The first-order valence-corrected chi connectivity index (χ1v) is 30.8.